The maximum absolute atomic E-state index is 14.3. The van der Waals surface area contributed by atoms with Crippen LogP contribution in [0.25, 0.3) is 0 Å². The fraction of sp³-hybridized carbons (Fsp3) is 0.500. The van der Waals surface area contributed by atoms with Crippen LogP contribution in [-0.4, -0.2) is 101 Å². The number of primary amides is 1. The summed E-state index contributed by atoms with van der Waals surface area (Å²) in [6.07, 6.45) is -1.76. The summed E-state index contributed by atoms with van der Waals surface area (Å²) in [4.78, 5) is 69.2. The first-order valence-electron chi connectivity index (χ1n) is 16.2. The van der Waals surface area contributed by atoms with Crippen molar-refractivity contribution in [3.63, 3.8) is 0 Å². The van der Waals surface area contributed by atoms with Gasteiger partial charge in [-0.3, -0.25) is 33.4 Å². The van der Waals surface area contributed by atoms with Crippen LogP contribution < -0.4 is 15.8 Å². The SMILES string of the molecule is CCOP(=O)(OCC)C(Nc1ccc2c(c1O)C(=O)C1C(=O)[C@@]3(O)C(=O)C(C(N)=O)C(=O)[C@@H](N(C)C)[C@H]3[C@H](O)[C@H]1[C@H]2C)c1ccc(OC)cc1. The number of aliphatic hydroxyl groups is 2. The normalized spacial score (nSPS) is 30.0. The Labute approximate surface area is 288 Å². The number of likely N-dealkylation sites (N-methyl/N-ethyl adjacent to an activating group) is 1. The van der Waals surface area contributed by atoms with Crippen molar-refractivity contribution >= 4 is 42.3 Å². The first-order chi connectivity index (χ1) is 23.5. The van der Waals surface area contributed by atoms with Crippen LogP contribution in [0.2, 0.25) is 0 Å². The van der Waals surface area contributed by atoms with Crippen molar-refractivity contribution in [2.24, 2.45) is 29.4 Å². The molecule has 0 aliphatic heterocycles. The van der Waals surface area contributed by atoms with Gasteiger partial charge in [-0.25, -0.2) is 0 Å². The molecule has 0 radical (unpaired) electrons. The highest BCUT2D eigenvalue weighted by Gasteiger charge is 2.73. The Hall–Kier alpha value is -3.98. The van der Waals surface area contributed by atoms with Gasteiger partial charge in [0.2, 0.25) is 5.91 Å². The summed E-state index contributed by atoms with van der Waals surface area (Å²) >= 11 is 0. The van der Waals surface area contributed by atoms with Crippen LogP contribution in [-0.2, 0) is 32.8 Å². The first kappa shape index (κ1) is 37.3. The quantitative estimate of drug-likeness (QED) is 0.127. The van der Waals surface area contributed by atoms with Gasteiger partial charge in [0.15, 0.2) is 40.4 Å². The maximum Gasteiger partial charge on any atom is 0.357 e. The molecule has 15 nitrogen and oxygen atoms in total. The van der Waals surface area contributed by atoms with Crippen molar-refractivity contribution in [1.29, 1.82) is 0 Å². The van der Waals surface area contributed by atoms with Gasteiger partial charge >= 0.3 is 7.60 Å². The van der Waals surface area contributed by atoms with E-state index < -0.39 is 95.5 Å². The Bertz CT molecular complexity index is 1770. The molecule has 0 spiro atoms. The molecule has 1 amide bonds. The Morgan fingerprint density at radius 3 is 2.16 bits per heavy atom. The molecule has 0 saturated heterocycles. The van der Waals surface area contributed by atoms with Crippen LogP contribution in [0.5, 0.6) is 11.5 Å². The molecule has 0 bridgehead atoms. The molecule has 2 saturated carbocycles. The molecule has 0 heterocycles. The number of carbonyl (C=O) groups is 5. The molecule has 9 atom stereocenters. The molecule has 3 aliphatic carbocycles. The van der Waals surface area contributed by atoms with E-state index in [2.05, 4.69) is 5.32 Å². The van der Waals surface area contributed by atoms with E-state index in [9.17, 15) is 43.9 Å². The van der Waals surface area contributed by atoms with Crippen LogP contribution in [0.15, 0.2) is 36.4 Å². The van der Waals surface area contributed by atoms with Crippen molar-refractivity contribution < 1.29 is 57.6 Å². The van der Waals surface area contributed by atoms with Crippen LogP contribution in [0.3, 0.4) is 0 Å². The number of anilines is 1. The van der Waals surface area contributed by atoms with Gasteiger partial charge in [0, 0.05) is 5.92 Å². The number of rotatable bonds is 11. The van der Waals surface area contributed by atoms with Crippen LogP contribution >= 0.6 is 7.60 Å². The minimum Gasteiger partial charge on any atom is -0.505 e. The molecule has 5 rings (SSSR count). The second-order valence-electron chi connectivity index (χ2n) is 13.0. The molecular formula is C34H42N3O12P. The van der Waals surface area contributed by atoms with Gasteiger partial charge in [0.05, 0.1) is 55.6 Å². The van der Waals surface area contributed by atoms with E-state index in [4.69, 9.17) is 19.5 Å². The number of hydrogen-bond acceptors (Lipinski definition) is 14. The number of phenolic OH excluding ortho intramolecular Hbond substituents is 1. The van der Waals surface area contributed by atoms with Crippen molar-refractivity contribution in [2.75, 3.05) is 39.7 Å². The fourth-order valence-electron chi connectivity index (χ4n) is 7.93. The molecule has 6 N–H and O–H groups in total. The first-order valence-corrected chi connectivity index (χ1v) is 17.8. The number of nitrogens with one attached hydrogen (secondary N) is 1. The van der Waals surface area contributed by atoms with Crippen molar-refractivity contribution in [3.8, 4) is 11.5 Å². The van der Waals surface area contributed by atoms with E-state index in [1.54, 1.807) is 45.0 Å². The number of ether oxygens (including phenoxy) is 1. The van der Waals surface area contributed by atoms with Gasteiger partial charge in [-0.05, 0) is 63.2 Å². The van der Waals surface area contributed by atoms with Crippen LogP contribution in [0.4, 0.5) is 5.69 Å². The lowest BCUT2D eigenvalue weighted by molar-refractivity contribution is -0.196. The molecule has 270 valence electrons. The van der Waals surface area contributed by atoms with Gasteiger partial charge < -0.3 is 40.2 Å². The number of amides is 1. The lowest BCUT2D eigenvalue weighted by atomic mass is 9.49. The minimum atomic E-state index is -4.00. The number of phenols is 1. The molecule has 2 aromatic rings. The number of Topliss-reactive ketones (excluding diaryl/α,β-unsaturated/α-hetero) is 4. The summed E-state index contributed by atoms with van der Waals surface area (Å²) in [7, 11) is 0.333. The number of benzene rings is 2. The number of nitrogens with zero attached hydrogens (tertiary/aromatic N) is 1. The number of methoxy groups -OCH3 is 1. The second-order valence-corrected chi connectivity index (χ2v) is 15.1. The fourth-order valence-corrected chi connectivity index (χ4v) is 9.86. The number of aliphatic hydroxyl groups excluding tert-OH is 1. The van der Waals surface area contributed by atoms with E-state index in [1.807, 2.05) is 0 Å². The highest BCUT2D eigenvalue weighted by molar-refractivity contribution is 7.54. The summed E-state index contributed by atoms with van der Waals surface area (Å²) in [6.45, 7) is 4.92. The smallest absolute Gasteiger partial charge is 0.357 e. The monoisotopic (exact) mass is 715 g/mol. The van der Waals surface area contributed by atoms with Gasteiger partial charge in [0.25, 0.3) is 0 Å². The standard InChI is InChI=1S/C34H42N3O12P/c1-7-48-50(46,49-8-2)33(16-9-11-17(47-6)12-10-16)36-19-14-13-18-15(3)20-22(27(39)21(18)26(19)38)30(42)34(45)24(28(20)40)25(37(4)5)29(41)23(31(34)43)32(35)44/h9-15,20,22-25,28,33,36,38,40,45H,7-8H2,1-6H3,(H2,35,44)/t15-,20-,22?,23?,24-,25-,28+,33?,34+/m0/s1. The average Bonchev–Trinajstić information content (AvgIpc) is 3.06. The summed E-state index contributed by atoms with van der Waals surface area (Å²) in [5, 5.41) is 38.4. The van der Waals surface area contributed by atoms with Gasteiger partial charge in [0.1, 0.15) is 11.5 Å². The number of aromatic hydroxyl groups is 1. The Kier molecular flexibility index (Phi) is 10.2. The Morgan fingerprint density at radius 1 is 1.04 bits per heavy atom. The zero-order chi connectivity index (χ0) is 37.0. The summed E-state index contributed by atoms with van der Waals surface area (Å²) in [5.41, 5.74) is 2.54. The molecule has 0 aromatic heterocycles. The van der Waals surface area contributed by atoms with Crippen LogP contribution in [0.1, 0.15) is 54.0 Å². The number of hydrogen-bond donors (Lipinski definition) is 5. The number of carbonyl (C=O) groups excluding carboxylic acids is 5. The lowest BCUT2D eigenvalue weighted by Gasteiger charge is -2.56. The zero-order valence-corrected chi connectivity index (χ0v) is 29.4. The molecule has 16 heteroatoms. The molecule has 2 fully saturated rings. The van der Waals surface area contributed by atoms with Crippen LogP contribution in [0, 0.1) is 23.7 Å². The molecule has 3 aliphatic rings. The molecule has 2 aromatic carbocycles. The highest BCUT2D eigenvalue weighted by Crippen LogP contribution is 2.62. The number of fused-ring (bicyclic) bond motifs is 3. The van der Waals surface area contributed by atoms with Crippen molar-refractivity contribution in [2.45, 2.75) is 50.2 Å². The predicted molar refractivity (Wildman–Crippen MR) is 178 cm³/mol. The highest BCUT2D eigenvalue weighted by atomic mass is 31.2. The molecule has 3 unspecified atom stereocenters. The second kappa shape index (κ2) is 13.6. The third-order valence-corrected chi connectivity index (χ3v) is 12.4. The molecule has 50 heavy (non-hydrogen) atoms. The summed E-state index contributed by atoms with van der Waals surface area (Å²) in [5.74, 6) is -15.3. The van der Waals surface area contributed by atoms with Gasteiger partial charge in [-0.1, -0.05) is 25.1 Å². The van der Waals surface area contributed by atoms with E-state index in [0.29, 0.717) is 11.3 Å². The van der Waals surface area contributed by atoms with Crippen molar-refractivity contribution in [3.05, 3.63) is 53.1 Å². The zero-order valence-electron chi connectivity index (χ0n) is 28.5. The Morgan fingerprint density at radius 2 is 1.64 bits per heavy atom. The number of nitrogens with two attached hydrogens (primary N) is 1. The topological polar surface area (TPSA) is 232 Å². The van der Waals surface area contributed by atoms with E-state index in [0.717, 1.165) is 0 Å². The third-order valence-electron chi connectivity index (χ3n) is 10.1. The maximum atomic E-state index is 14.3. The van der Waals surface area contributed by atoms with Gasteiger partial charge in [-0.2, -0.15) is 0 Å². The van der Waals surface area contributed by atoms with E-state index in [-0.39, 0.29) is 30.0 Å². The van der Waals surface area contributed by atoms with Gasteiger partial charge in [-0.15, -0.1) is 0 Å². The summed E-state index contributed by atoms with van der Waals surface area (Å²) in [6, 6.07) is 7.99. The lowest BCUT2D eigenvalue weighted by Crippen LogP contribution is -2.77. The van der Waals surface area contributed by atoms with E-state index in [1.165, 1.54) is 38.2 Å². The average molecular weight is 716 g/mol. The number of ketones is 4. The van der Waals surface area contributed by atoms with E-state index >= 15 is 0 Å². The minimum absolute atomic E-state index is 0.0187. The predicted octanol–water partition coefficient (Wildman–Crippen LogP) is 1.78. The third kappa shape index (κ3) is 5.56. The summed E-state index contributed by atoms with van der Waals surface area (Å²) < 4.78 is 30.7. The molecular weight excluding hydrogens is 673 g/mol. The Balaban J connectivity index is 1.63. The largest absolute Gasteiger partial charge is 0.505 e. The van der Waals surface area contributed by atoms with Crippen molar-refractivity contribution in [1.82, 2.24) is 4.90 Å².